The minimum atomic E-state index is -4.62. The van der Waals surface area contributed by atoms with Crippen molar-refractivity contribution < 1.29 is 22.7 Å². The van der Waals surface area contributed by atoms with E-state index in [2.05, 4.69) is 10.1 Å². The predicted molar refractivity (Wildman–Crippen MR) is 109 cm³/mol. The molecule has 0 aliphatic carbocycles. The summed E-state index contributed by atoms with van der Waals surface area (Å²) in [5.74, 6) is -0.531. The molecule has 0 unspecified atom stereocenters. The van der Waals surface area contributed by atoms with Gasteiger partial charge in [-0.25, -0.2) is 0 Å². The second-order valence-electron chi connectivity index (χ2n) is 6.01. The van der Waals surface area contributed by atoms with Gasteiger partial charge in [0.25, 0.3) is 0 Å². The SMILES string of the molecule is CSCOC(=O)Cn1nc(C(F)(F)F)cc1-c1ccc(-c2cccc(SC)c2)[nH]1. The van der Waals surface area contributed by atoms with Gasteiger partial charge in [-0.3, -0.25) is 9.48 Å². The number of halogens is 3. The third kappa shape index (κ3) is 5.18. The van der Waals surface area contributed by atoms with Gasteiger partial charge in [-0.15, -0.1) is 23.5 Å². The highest BCUT2D eigenvalue weighted by Crippen LogP contribution is 2.33. The lowest BCUT2D eigenvalue weighted by molar-refractivity contribution is -0.144. The fourth-order valence-electron chi connectivity index (χ4n) is 2.69. The first kappa shape index (κ1) is 21.4. The fourth-order valence-corrected chi connectivity index (χ4v) is 3.40. The van der Waals surface area contributed by atoms with Gasteiger partial charge in [0, 0.05) is 10.6 Å². The van der Waals surface area contributed by atoms with Gasteiger partial charge in [0.2, 0.25) is 0 Å². The number of aromatic nitrogens is 3. The molecule has 2 aromatic heterocycles. The number of alkyl halides is 3. The van der Waals surface area contributed by atoms with Gasteiger partial charge in [0.1, 0.15) is 12.5 Å². The van der Waals surface area contributed by atoms with Crippen molar-refractivity contribution in [3.63, 3.8) is 0 Å². The van der Waals surface area contributed by atoms with Crippen LogP contribution in [0.4, 0.5) is 13.2 Å². The monoisotopic (exact) mass is 441 g/mol. The molecule has 0 amide bonds. The summed E-state index contributed by atoms with van der Waals surface area (Å²) in [7, 11) is 0. The van der Waals surface area contributed by atoms with E-state index in [0.29, 0.717) is 5.69 Å². The fraction of sp³-hybridized carbons (Fsp3) is 0.263. The maximum absolute atomic E-state index is 13.2. The molecular formula is C19H18F3N3O2S2. The van der Waals surface area contributed by atoms with Crippen LogP contribution in [-0.2, 0) is 22.3 Å². The lowest BCUT2D eigenvalue weighted by Crippen LogP contribution is -2.16. The summed E-state index contributed by atoms with van der Waals surface area (Å²) in [4.78, 5) is 16.1. The highest BCUT2D eigenvalue weighted by atomic mass is 32.2. The smallest absolute Gasteiger partial charge is 0.435 e. The number of hydrogen-bond acceptors (Lipinski definition) is 5. The van der Waals surface area contributed by atoms with Crippen molar-refractivity contribution in [2.24, 2.45) is 0 Å². The molecule has 3 rings (SSSR count). The number of hydrogen-bond donors (Lipinski definition) is 1. The molecular weight excluding hydrogens is 423 g/mol. The molecule has 0 atom stereocenters. The minimum absolute atomic E-state index is 0.125. The lowest BCUT2D eigenvalue weighted by atomic mass is 10.2. The summed E-state index contributed by atoms with van der Waals surface area (Å²) in [6, 6.07) is 12.2. The molecule has 2 heterocycles. The average Bonchev–Trinajstić information content (AvgIpc) is 3.33. The van der Waals surface area contributed by atoms with Gasteiger partial charge in [0.15, 0.2) is 5.69 Å². The summed E-state index contributed by atoms with van der Waals surface area (Å²) in [5, 5.41) is 3.58. The standard InChI is InChI=1S/C19H18F3N3O2S2/c1-28-11-27-18(26)10-25-16(9-17(24-25)19(20,21)22)15-7-6-14(23-15)12-4-3-5-13(8-12)29-2/h3-9,23H,10-11H2,1-2H3. The molecule has 29 heavy (non-hydrogen) atoms. The number of ether oxygens (including phenoxy) is 1. The van der Waals surface area contributed by atoms with Crippen LogP contribution in [0.2, 0.25) is 0 Å². The molecule has 3 aromatic rings. The maximum Gasteiger partial charge on any atom is 0.435 e. The quantitative estimate of drug-likeness (QED) is 0.312. The third-order valence-electron chi connectivity index (χ3n) is 4.03. The van der Waals surface area contributed by atoms with Gasteiger partial charge in [-0.05, 0) is 48.4 Å². The Balaban J connectivity index is 1.95. The normalized spacial score (nSPS) is 11.6. The Labute approximate surface area is 174 Å². The summed E-state index contributed by atoms with van der Waals surface area (Å²) in [6.07, 6.45) is -0.904. The predicted octanol–water partition coefficient (Wildman–Crippen LogP) is 5.15. The summed E-state index contributed by atoms with van der Waals surface area (Å²) in [6.45, 7) is -0.414. The zero-order valence-corrected chi connectivity index (χ0v) is 17.2. The Morgan fingerprint density at radius 1 is 1.17 bits per heavy atom. The third-order valence-corrected chi connectivity index (χ3v) is 5.11. The lowest BCUT2D eigenvalue weighted by Gasteiger charge is -2.07. The molecule has 1 N–H and O–H groups in total. The largest absolute Gasteiger partial charge is 0.453 e. The van der Waals surface area contributed by atoms with Crippen molar-refractivity contribution in [3.8, 4) is 22.6 Å². The number of nitrogens with one attached hydrogen (secondary N) is 1. The number of rotatable bonds is 7. The second-order valence-corrected chi connectivity index (χ2v) is 7.70. The Morgan fingerprint density at radius 3 is 2.62 bits per heavy atom. The van der Waals surface area contributed by atoms with Crippen LogP contribution in [0.25, 0.3) is 22.6 Å². The highest BCUT2D eigenvalue weighted by Gasteiger charge is 2.35. The number of aromatic amines is 1. The molecule has 0 saturated carbocycles. The van der Waals surface area contributed by atoms with Crippen LogP contribution >= 0.6 is 23.5 Å². The molecule has 10 heteroatoms. The van der Waals surface area contributed by atoms with Crippen LogP contribution in [0.1, 0.15) is 5.69 Å². The van der Waals surface area contributed by atoms with E-state index >= 15 is 0 Å². The van der Waals surface area contributed by atoms with Crippen LogP contribution in [0.15, 0.2) is 47.4 Å². The van der Waals surface area contributed by atoms with Gasteiger partial charge in [0.05, 0.1) is 11.4 Å². The number of nitrogens with zero attached hydrogens (tertiary/aromatic N) is 2. The van der Waals surface area contributed by atoms with Crippen LogP contribution in [0.5, 0.6) is 0 Å². The molecule has 1 aromatic carbocycles. The first-order chi connectivity index (χ1) is 13.8. The molecule has 154 valence electrons. The molecule has 0 spiro atoms. The van der Waals surface area contributed by atoms with E-state index in [0.717, 1.165) is 26.9 Å². The Bertz CT molecular complexity index is 999. The van der Waals surface area contributed by atoms with E-state index < -0.39 is 24.4 Å². The number of carbonyl (C=O) groups excluding carboxylic acids is 1. The van der Waals surface area contributed by atoms with E-state index in [-0.39, 0.29) is 11.6 Å². The van der Waals surface area contributed by atoms with Crippen molar-refractivity contribution >= 4 is 29.5 Å². The zero-order chi connectivity index (χ0) is 21.0. The average molecular weight is 442 g/mol. The van der Waals surface area contributed by atoms with E-state index in [4.69, 9.17) is 4.74 Å². The van der Waals surface area contributed by atoms with E-state index in [1.165, 1.54) is 11.8 Å². The highest BCUT2D eigenvalue weighted by molar-refractivity contribution is 7.98. The van der Waals surface area contributed by atoms with Crippen LogP contribution in [0, 0.1) is 0 Å². The van der Waals surface area contributed by atoms with Gasteiger partial charge >= 0.3 is 12.1 Å². The summed E-state index contributed by atoms with van der Waals surface area (Å²) in [5.41, 5.74) is 1.18. The van der Waals surface area contributed by atoms with Gasteiger partial charge in [-0.2, -0.15) is 18.3 Å². The van der Waals surface area contributed by atoms with Gasteiger partial charge in [-0.1, -0.05) is 12.1 Å². The Kier molecular flexibility index (Phi) is 6.63. The first-order valence-electron chi connectivity index (χ1n) is 8.45. The van der Waals surface area contributed by atoms with Crippen LogP contribution < -0.4 is 0 Å². The molecule has 0 saturated heterocycles. The minimum Gasteiger partial charge on any atom is -0.453 e. The molecule has 5 nitrogen and oxygen atoms in total. The van der Waals surface area contributed by atoms with E-state index in [9.17, 15) is 18.0 Å². The summed E-state index contributed by atoms with van der Waals surface area (Å²) < 4.78 is 45.5. The molecule has 0 fully saturated rings. The molecule has 0 aliphatic heterocycles. The van der Waals surface area contributed by atoms with Crippen LogP contribution in [-0.4, -0.2) is 39.2 Å². The van der Waals surface area contributed by atoms with E-state index in [1.54, 1.807) is 30.2 Å². The number of benzene rings is 1. The number of thioether (sulfide) groups is 2. The first-order valence-corrected chi connectivity index (χ1v) is 11.1. The van der Waals surface area contributed by atoms with Crippen LogP contribution in [0.3, 0.4) is 0 Å². The number of carbonyl (C=O) groups is 1. The molecule has 0 aliphatic rings. The van der Waals surface area contributed by atoms with E-state index in [1.807, 2.05) is 30.5 Å². The number of esters is 1. The van der Waals surface area contributed by atoms with Gasteiger partial charge < -0.3 is 9.72 Å². The Hall–Kier alpha value is -2.33. The summed E-state index contributed by atoms with van der Waals surface area (Å²) >= 11 is 2.89. The second kappa shape index (κ2) is 9.00. The van der Waals surface area contributed by atoms with Crippen molar-refractivity contribution in [1.29, 1.82) is 0 Å². The van der Waals surface area contributed by atoms with Crippen molar-refractivity contribution in [1.82, 2.24) is 14.8 Å². The topological polar surface area (TPSA) is 59.9 Å². The molecule has 0 bridgehead atoms. The van der Waals surface area contributed by atoms with Crippen molar-refractivity contribution in [3.05, 3.63) is 48.2 Å². The zero-order valence-electron chi connectivity index (χ0n) is 15.6. The van der Waals surface area contributed by atoms with Crippen molar-refractivity contribution in [2.45, 2.75) is 17.6 Å². The van der Waals surface area contributed by atoms with Crippen molar-refractivity contribution in [2.75, 3.05) is 18.5 Å². The number of H-pyrrole nitrogens is 1. The molecule has 0 radical (unpaired) electrons. The Morgan fingerprint density at radius 2 is 1.93 bits per heavy atom. The maximum atomic E-state index is 13.2.